The van der Waals surface area contributed by atoms with Crippen molar-refractivity contribution in [1.82, 2.24) is 21.3 Å². The van der Waals surface area contributed by atoms with Crippen molar-refractivity contribution in [2.75, 3.05) is 13.1 Å². The lowest BCUT2D eigenvalue weighted by molar-refractivity contribution is -0.142. The molecule has 14 nitrogen and oxygen atoms in total. The summed E-state index contributed by atoms with van der Waals surface area (Å²) in [6.45, 7) is 2.12. The zero-order valence-electron chi connectivity index (χ0n) is 18.5. The van der Waals surface area contributed by atoms with Crippen LogP contribution in [-0.2, 0) is 24.0 Å². The number of amides is 3. The maximum absolute atomic E-state index is 12.9. The highest BCUT2D eigenvalue weighted by molar-refractivity contribution is 5.94. The first-order chi connectivity index (χ1) is 15.5. The molecule has 33 heavy (non-hydrogen) atoms. The molecule has 10 N–H and O–H groups in total. The van der Waals surface area contributed by atoms with Gasteiger partial charge in [-0.1, -0.05) is 0 Å². The van der Waals surface area contributed by atoms with Gasteiger partial charge in [0, 0.05) is 13.0 Å². The fourth-order valence-corrected chi connectivity index (χ4v) is 3.14. The highest BCUT2D eigenvalue weighted by Gasteiger charge is 2.30. The van der Waals surface area contributed by atoms with E-state index in [9.17, 15) is 24.0 Å². The van der Waals surface area contributed by atoms with Gasteiger partial charge in [-0.05, 0) is 45.6 Å². The van der Waals surface area contributed by atoms with Crippen LogP contribution in [0.25, 0.3) is 0 Å². The Morgan fingerprint density at radius 1 is 1.03 bits per heavy atom. The first-order valence-corrected chi connectivity index (χ1v) is 10.7. The van der Waals surface area contributed by atoms with E-state index in [1.807, 2.05) is 0 Å². The van der Waals surface area contributed by atoms with Crippen molar-refractivity contribution in [3.05, 3.63) is 0 Å². The monoisotopic (exact) mass is 471 g/mol. The van der Waals surface area contributed by atoms with E-state index in [-0.39, 0.29) is 31.3 Å². The Morgan fingerprint density at radius 2 is 1.67 bits per heavy atom. The fraction of sp³-hybridized carbons (Fsp3) is 0.684. The van der Waals surface area contributed by atoms with Gasteiger partial charge >= 0.3 is 11.9 Å². The molecule has 0 bridgehead atoms. The number of carbonyl (C=O) groups is 5. The van der Waals surface area contributed by atoms with Crippen molar-refractivity contribution in [2.24, 2.45) is 16.5 Å². The number of nitrogens with zero attached hydrogens (tertiary/aromatic N) is 1. The summed E-state index contributed by atoms with van der Waals surface area (Å²) in [6, 6.07) is -4.03. The highest BCUT2D eigenvalue weighted by atomic mass is 16.4. The van der Waals surface area contributed by atoms with Gasteiger partial charge in [0.2, 0.25) is 17.7 Å². The number of aliphatic carboxylic acids is 2. The van der Waals surface area contributed by atoms with Gasteiger partial charge in [0.05, 0.1) is 6.04 Å². The standard InChI is InChI=1S/C19H33N7O7/c1-10(18(32)33)24-16(30)13(6-7-14(27)28)26-17(31)12(5-3-9-23-19(20)21)25-15(29)11-4-2-8-22-11/h10-13,22H,2-9H2,1H3,(H,24,30)(H,25,29)(H,26,31)(H,27,28)(H,32,33)(H4,20,21,23). The Morgan fingerprint density at radius 3 is 2.21 bits per heavy atom. The van der Waals surface area contributed by atoms with Crippen LogP contribution in [0.1, 0.15) is 45.4 Å². The van der Waals surface area contributed by atoms with E-state index in [4.69, 9.17) is 21.7 Å². The lowest BCUT2D eigenvalue weighted by Crippen LogP contribution is -2.56. The summed E-state index contributed by atoms with van der Waals surface area (Å²) >= 11 is 0. The number of carbonyl (C=O) groups excluding carboxylic acids is 3. The molecule has 0 radical (unpaired) electrons. The summed E-state index contributed by atoms with van der Waals surface area (Å²) in [5, 5.41) is 28.3. The average Bonchev–Trinajstić information content (AvgIpc) is 3.27. The zero-order valence-corrected chi connectivity index (χ0v) is 18.5. The summed E-state index contributed by atoms with van der Waals surface area (Å²) in [6.07, 6.45) is 1.23. The van der Waals surface area contributed by atoms with Gasteiger partial charge in [0.1, 0.15) is 18.1 Å². The molecular formula is C19H33N7O7. The van der Waals surface area contributed by atoms with Crippen LogP contribution in [0.15, 0.2) is 4.99 Å². The van der Waals surface area contributed by atoms with Gasteiger partial charge in [-0.25, -0.2) is 0 Å². The van der Waals surface area contributed by atoms with Crippen molar-refractivity contribution in [3.8, 4) is 0 Å². The van der Waals surface area contributed by atoms with Gasteiger partial charge in [0.15, 0.2) is 5.96 Å². The molecule has 186 valence electrons. The number of rotatable bonds is 14. The third kappa shape index (κ3) is 10.6. The molecule has 0 aromatic heterocycles. The van der Waals surface area contributed by atoms with E-state index < -0.39 is 54.3 Å². The minimum absolute atomic E-state index is 0.117. The first kappa shape index (κ1) is 27.6. The van der Waals surface area contributed by atoms with E-state index in [1.54, 1.807) is 0 Å². The second kappa shape index (κ2) is 13.9. The van der Waals surface area contributed by atoms with E-state index >= 15 is 0 Å². The van der Waals surface area contributed by atoms with E-state index in [1.165, 1.54) is 6.92 Å². The Labute approximate surface area is 190 Å². The van der Waals surface area contributed by atoms with Crippen LogP contribution in [0.2, 0.25) is 0 Å². The van der Waals surface area contributed by atoms with Crippen LogP contribution in [0.4, 0.5) is 0 Å². The number of hydrogen-bond acceptors (Lipinski definition) is 7. The molecule has 0 spiro atoms. The van der Waals surface area contributed by atoms with Crippen LogP contribution in [0.5, 0.6) is 0 Å². The average molecular weight is 472 g/mol. The van der Waals surface area contributed by atoms with Gasteiger partial charge in [-0.3, -0.25) is 29.0 Å². The number of guanidine groups is 1. The van der Waals surface area contributed by atoms with Crippen LogP contribution in [0, 0.1) is 0 Å². The van der Waals surface area contributed by atoms with Crippen LogP contribution >= 0.6 is 0 Å². The van der Waals surface area contributed by atoms with Crippen molar-refractivity contribution in [2.45, 2.75) is 69.6 Å². The molecule has 4 atom stereocenters. The van der Waals surface area contributed by atoms with Crippen LogP contribution < -0.4 is 32.7 Å². The summed E-state index contributed by atoms with van der Waals surface area (Å²) in [7, 11) is 0. The number of aliphatic imine (C=N–C) groups is 1. The lowest BCUT2D eigenvalue weighted by atomic mass is 10.1. The molecule has 1 fully saturated rings. The molecule has 1 aliphatic rings. The summed E-state index contributed by atoms with van der Waals surface area (Å²) in [5.74, 6) is -4.53. The zero-order chi connectivity index (χ0) is 25.0. The molecule has 1 heterocycles. The highest BCUT2D eigenvalue weighted by Crippen LogP contribution is 2.08. The van der Waals surface area contributed by atoms with E-state index in [0.29, 0.717) is 19.4 Å². The van der Waals surface area contributed by atoms with Gasteiger partial charge in [0.25, 0.3) is 0 Å². The molecule has 4 unspecified atom stereocenters. The number of hydrogen-bond donors (Lipinski definition) is 8. The van der Waals surface area contributed by atoms with Gasteiger partial charge < -0.3 is 42.9 Å². The van der Waals surface area contributed by atoms with E-state index in [2.05, 4.69) is 26.3 Å². The molecule has 0 aromatic carbocycles. The maximum atomic E-state index is 12.9. The van der Waals surface area contributed by atoms with Crippen LogP contribution in [-0.4, -0.2) is 83.1 Å². The molecule has 0 aliphatic carbocycles. The normalized spacial score (nSPS) is 17.8. The Hall–Kier alpha value is -3.42. The number of carboxylic acids is 2. The molecule has 14 heteroatoms. The van der Waals surface area contributed by atoms with Crippen LogP contribution in [0.3, 0.4) is 0 Å². The molecular weight excluding hydrogens is 438 g/mol. The quantitative estimate of drug-likeness (QED) is 0.0736. The molecule has 3 amide bonds. The molecule has 0 saturated carbocycles. The minimum Gasteiger partial charge on any atom is -0.481 e. The largest absolute Gasteiger partial charge is 0.481 e. The summed E-state index contributed by atoms with van der Waals surface area (Å²) in [5.41, 5.74) is 10.6. The summed E-state index contributed by atoms with van der Waals surface area (Å²) in [4.78, 5) is 63.7. The second-order valence-electron chi connectivity index (χ2n) is 7.72. The Balaban J connectivity index is 2.91. The molecule has 0 aromatic rings. The molecule has 1 aliphatic heterocycles. The third-order valence-electron chi connectivity index (χ3n) is 4.96. The Bertz CT molecular complexity index is 749. The molecule has 1 rings (SSSR count). The smallest absolute Gasteiger partial charge is 0.325 e. The predicted molar refractivity (Wildman–Crippen MR) is 117 cm³/mol. The second-order valence-corrected chi connectivity index (χ2v) is 7.72. The number of nitrogens with two attached hydrogens (primary N) is 2. The van der Waals surface area contributed by atoms with Crippen molar-refractivity contribution in [3.63, 3.8) is 0 Å². The minimum atomic E-state index is -1.31. The molecule has 1 saturated heterocycles. The first-order valence-electron chi connectivity index (χ1n) is 10.7. The van der Waals surface area contributed by atoms with Crippen molar-refractivity contribution in [1.29, 1.82) is 0 Å². The van der Waals surface area contributed by atoms with Gasteiger partial charge in [-0.15, -0.1) is 0 Å². The van der Waals surface area contributed by atoms with Crippen molar-refractivity contribution >= 4 is 35.6 Å². The Kier molecular flexibility index (Phi) is 11.6. The number of carboxylic acid groups (broad SMARTS) is 2. The third-order valence-corrected chi connectivity index (χ3v) is 4.96. The predicted octanol–water partition coefficient (Wildman–Crippen LogP) is -2.78. The number of nitrogens with one attached hydrogen (secondary N) is 4. The van der Waals surface area contributed by atoms with Crippen molar-refractivity contribution < 1.29 is 34.2 Å². The maximum Gasteiger partial charge on any atom is 0.325 e. The summed E-state index contributed by atoms with van der Waals surface area (Å²) < 4.78 is 0. The van der Waals surface area contributed by atoms with Gasteiger partial charge in [-0.2, -0.15) is 0 Å². The fourth-order valence-electron chi connectivity index (χ4n) is 3.14. The SMILES string of the molecule is CC(NC(=O)C(CCC(=O)O)NC(=O)C(CCCN=C(N)N)NC(=O)C1CCCN1)C(=O)O. The van der Waals surface area contributed by atoms with E-state index in [0.717, 1.165) is 6.42 Å². The topological polar surface area (TPSA) is 238 Å². The lowest BCUT2D eigenvalue weighted by Gasteiger charge is -2.24.